The van der Waals surface area contributed by atoms with Crippen LogP contribution in [0.3, 0.4) is 0 Å². The highest BCUT2D eigenvalue weighted by Gasteiger charge is 2.73. The predicted octanol–water partition coefficient (Wildman–Crippen LogP) is 8.74. The maximum absolute atomic E-state index is 2.79. The average Bonchev–Trinajstić information content (AvgIpc) is 3.22. The van der Waals surface area contributed by atoms with E-state index in [1.165, 1.54) is 25.7 Å². The molecule has 0 saturated heterocycles. The molecule has 1 spiro atoms. The summed E-state index contributed by atoms with van der Waals surface area (Å²) in [6.45, 7) is 15.5. The molecule has 1 unspecified atom stereocenters. The minimum atomic E-state index is 0.672. The van der Waals surface area contributed by atoms with Crippen molar-refractivity contribution in [3.05, 3.63) is 0 Å². The van der Waals surface area contributed by atoms with Crippen molar-refractivity contribution in [2.45, 2.75) is 119 Å². The van der Waals surface area contributed by atoms with Crippen LogP contribution in [0.15, 0.2) is 0 Å². The van der Waals surface area contributed by atoms with Gasteiger partial charge in [0.25, 0.3) is 0 Å². The van der Waals surface area contributed by atoms with E-state index in [4.69, 9.17) is 0 Å². The van der Waals surface area contributed by atoms with E-state index in [1.54, 1.807) is 51.4 Å². The van der Waals surface area contributed by atoms with Crippen LogP contribution in [-0.2, 0) is 0 Å². The van der Waals surface area contributed by atoms with Crippen LogP contribution in [0.4, 0.5) is 0 Å². The molecule has 0 heteroatoms. The molecule has 5 aliphatic carbocycles. The van der Waals surface area contributed by atoms with Gasteiger partial charge in [-0.05, 0) is 115 Å². The second kappa shape index (κ2) is 7.00. The Hall–Kier alpha value is 0. The molecule has 5 aliphatic rings. The van der Waals surface area contributed by atoms with Gasteiger partial charge in [0.15, 0.2) is 0 Å². The Bertz CT molecular complexity index is 620. The molecule has 0 nitrogen and oxygen atoms in total. The van der Waals surface area contributed by atoms with Crippen LogP contribution in [0.1, 0.15) is 119 Å². The van der Waals surface area contributed by atoms with E-state index in [-0.39, 0.29) is 0 Å². The number of rotatable bonds is 5. The van der Waals surface area contributed by atoms with Gasteiger partial charge in [-0.25, -0.2) is 0 Å². The number of hydrogen-bond donors (Lipinski definition) is 0. The van der Waals surface area contributed by atoms with Crippen LogP contribution < -0.4 is 0 Å². The predicted molar refractivity (Wildman–Crippen MR) is 125 cm³/mol. The van der Waals surface area contributed by atoms with Crippen LogP contribution >= 0.6 is 0 Å². The van der Waals surface area contributed by atoms with Crippen molar-refractivity contribution >= 4 is 0 Å². The van der Waals surface area contributed by atoms with Crippen molar-refractivity contribution in [2.24, 2.45) is 63.6 Å². The summed E-state index contributed by atoms with van der Waals surface area (Å²) in [7, 11) is 0. The Balaban J connectivity index is 1.33. The van der Waals surface area contributed by atoms with Crippen LogP contribution in [0.5, 0.6) is 0 Å². The Labute approximate surface area is 182 Å². The summed E-state index contributed by atoms with van der Waals surface area (Å²) < 4.78 is 0. The Kier molecular flexibility index (Phi) is 5.04. The van der Waals surface area contributed by atoms with Crippen LogP contribution in [-0.4, -0.2) is 0 Å². The second-order valence-corrected chi connectivity index (χ2v) is 14.0. The molecule has 0 aromatic heterocycles. The number of hydrogen-bond acceptors (Lipinski definition) is 0. The van der Waals surface area contributed by atoms with Crippen molar-refractivity contribution in [1.82, 2.24) is 0 Å². The molecule has 5 rings (SSSR count). The van der Waals surface area contributed by atoms with E-state index >= 15 is 0 Å². The quantitative estimate of drug-likeness (QED) is 0.434. The van der Waals surface area contributed by atoms with Crippen molar-refractivity contribution in [3.63, 3.8) is 0 Å². The molecule has 29 heavy (non-hydrogen) atoms. The molecule has 0 heterocycles. The van der Waals surface area contributed by atoms with Gasteiger partial charge < -0.3 is 0 Å². The minimum absolute atomic E-state index is 0.672. The normalized spacial score (nSPS) is 54.3. The zero-order valence-corrected chi connectivity index (χ0v) is 20.6. The molecule has 5 fully saturated rings. The fourth-order valence-electron chi connectivity index (χ4n) is 10.7. The second-order valence-electron chi connectivity index (χ2n) is 14.0. The molecule has 0 aromatic carbocycles. The first-order chi connectivity index (χ1) is 13.7. The molecular weight excluding hydrogens is 348 g/mol. The van der Waals surface area contributed by atoms with E-state index in [1.807, 2.05) is 0 Å². The SMILES string of the molecule is CC(C)CCC[C@@H](C)[C@H]1CC[C@H]2[C@@H]3C[C@H]4C[C@]45C[C@@H](C)CCC5(C)[C@H]3CC[C@]12C. The fourth-order valence-corrected chi connectivity index (χ4v) is 10.7. The van der Waals surface area contributed by atoms with Crippen molar-refractivity contribution in [1.29, 1.82) is 0 Å². The van der Waals surface area contributed by atoms with E-state index in [0.717, 1.165) is 52.8 Å². The molecule has 0 amide bonds. The van der Waals surface area contributed by atoms with Crippen molar-refractivity contribution in [2.75, 3.05) is 0 Å². The summed E-state index contributed by atoms with van der Waals surface area (Å²) in [5.41, 5.74) is 2.17. The molecule has 166 valence electrons. The standard InChI is InChI=1S/C29H50/c1-19(2)8-7-9-21(4)24-10-11-25-23-16-22-18-29(22)17-20(3)12-15-28(29,6)26(23)13-14-27(24,25)5/h19-26H,7-18H2,1-6H3/t20-,21+,22-,23-,24+,25-,26-,27+,28?,29+/m0/s1. The highest BCUT2D eigenvalue weighted by atomic mass is 14.8. The van der Waals surface area contributed by atoms with Gasteiger partial charge >= 0.3 is 0 Å². The zero-order chi connectivity index (χ0) is 20.6. The molecule has 0 N–H and O–H groups in total. The first-order valence-electron chi connectivity index (χ1n) is 13.7. The molecular formula is C29H50. The third kappa shape index (κ3) is 2.96. The van der Waals surface area contributed by atoms with Gasteiger partial charge in [-0.3, -0.25) is 0 Å². The van der Waals surface area contributed by atoms with E-state index < -0.39 is 0 Å². The van der Waals surface area contributed by atoms with Gasteiger partial charge in [-0.2, -0.15) is 0 Å². The lowest BCUT2D eigenvalue weighted by Gasteiger charge is -2.61. The van der Waals surface area contributed by atoms with Gasteiger partial charge in [0, 0.05) is 0 Å². The van der Waals surface area contributed by atoms with Gasteiger partial charge in [-0.15, -0.1) is 0 Å². The highest BCUT2D eigenvalue weighted by molar-refractivity contribution is 5.22. The zero-order valence-electron chi connectivity index (χ0n) is 20.6. The van der Waals surface area contributed by atoms with E-state index in [2.05, 4.69) is 41.5 Å². The summed E-state index contributed by atoms with van der Waals surface area (Å²) in [5, 5.41) is 0. The van der Waals surface area contributed by atoms with Gasteiger partial charge in [0.05, 0.1) is 0 Å². The van der Waals surface area contributed by atoms with Gasteiger partial charge in [0.1, 0.15) is 0 Å². The molecule has 0 bridgehead atoms. The fraction of sp³-hybridized carbons (Fsp3) is 1.00. The van der Waals surface area contributed by atoms with Crippen molar-refractivity contribution < 1.29 is 0 Å². The molecule has 0 aliphatic heterocycles. The molecule has 5 saturated carbocycles. The van der Waals surface area contributed by atoms with Crippen molar-refractivity contribution in [3.8, 4) is 0 Å². The Morgan fingerprint density at radius 2 is 1.66 bits per heavy atom. The maximum Gasteiger partial charge on any atom is -0.0207 e. The summed E-state index contributed by atoms with van der Waals surface area (Å²) in [6.07, 6.45) is 18.5. The minimum Gasteiger partial charge on any atom is -0.0628 e. The lowest BCUT2D eigenvalue weighted by atomic mass is 9.43. The highest BCUT2D eigenvalue weighted by Crippen LogP contribution is 2.81. The van der Waals surface area contributed by atoms with Crippen LogP contribution in [0.2, 0.25) is 0 Å². The maximum atomic E-state index is 2.79. The third-order valence-corrected chi connectivity index (χ3v) is 12.3. The average molecular weight is 399 g/mol. The Morgan fingerprint density at radius 3 is 2.41 bits per heavy atom. The van der Waals surface area contributed by atoms with Gasteiger partial charge in [-0.1, -0.05) is 67.2 Å². The molecule has 0 aromatic rings. The first-order valence-corrected chi connectivity index (χ1v) is 13.7. The van der Waals surface area contributed by atoms with Crippen LogP contribution in [0.25, 0.3) is 0 Å². The summed E-state index contributed by atoms with van der Waals surface area (Å²) in [4.78, 5) is 0. The first kappa shape index (κ1) is 20.9. The lowest BCUT2D eigenvalue weighted by Crippen LogP contribution is -2.54. The van der Waals surface area contributed by atoms with E-state index in [0.29, 0.717) is 10.8 Å². The molecule has 0 radical (unpaired) electrons. The third-order valence-electron chi connectivity index (χ3n) is 12.3. The largest absolute Gasteiger partial charge is 0.0628 e. The summed E-state index contributed by atoms with van der Waals surface area (Å²) in [5.74, 6) is 8.18. The Morgan fingerprint density at radius 1 is 0.862 bits per heavy atom. The topological polar surface area (TPSA) is 0 Å². The number of fused-ring (bicyclic) bond motifs is 4. The van der Waals surface area contributed by atoms with E-state index in [9.17, 15) is 0 Å². The van der Waals surface area contributed by atoms with Gasteiger partial charge in [0.2, 0.25) is 0 Å². The smallest absolute Gasteiger partial charge is 0.0207 e. The lowest BCUT2D eigenvalue weighted by molar-refractivity contribution is -0.128. The van der Waals surface area contributed by atoms with Crippen LogP contribution in [0, 0.1) is 63.6 Å². The summed E-state index contributed by atoms with van der Waals surface area (Å²) >= 11 is 0. The monoisotopic (exact) mass is 398 g/mol. The molecule has 10 atom stereocenters. The summed E-state index contributed by atoms with van der Waals surface area (Å²) in [6, 6.07) is 0.